The molecule has 4 heteroatoms. The quantitative estimate of drug-likeness (QED) is 0.598. The molecule has 2 unspecified atom stereocenters. The van der Waals surface area contributed by atoms with E-state index in [-0.39, 0.29) is 0 Å². The molecule has 0 spiro atoms. The molecule has 66 valence electrons. The first kappa shape index (κ1) is 9.03. The van der Waals surface area contributed by atoms with Crippen LogP contribution in [-0.4, -0.2) is 12.0 Å². The van der Waals surface area contributed by atoms with E-state index >= 15 is 0 Å². The van der Waals surface area contributed by atoms with Gasteiger partial charge in [-0.1, -0.05) is 0 Å². The zero-order valence-corrected chi connectivity index (χ0v) is 6.35. The number of hydrogen-bond acceptors (Lipinski definition) is 1. The van der Waals surface area contributed by atoms with E-state index in [1.54, 1.807) is 0 Å². The van der Waals surface area contributed by atoms with Crippen LogP contribution in [0.4, 0.5) is 13.2 Å². The van der Waals surface area contributed by atoms with Gasteiger partial charge in [0.05, 0.1) is 0 Å². The van der Waals surface area contributed by atoms with Crippen LogP contribution in [-0.2, 0) is 4.79 Å². The van der Waals surface area contributed by atoms with E-state index in [1.165, 1.54) is 0 Å². The van der Waals surface area contributed by atoms with Crippen molar-refractivity contribution < 1.29 is 18.0 Å². The van der Waals surface area contributed by atoms with Crippen LogP contribution in [0.2, 0.25) is 0 Å². The number of carbonyl (C=O) groups excluding carboxylic acids is 1. The van der Waals surface area contributed by atoms with E-state index in [0.29, 0.717) is 12.2 Å². The van der Waals surface area contributed by atoms with Crippen LogP contribution >= 0.6 is 0 Å². The molecule has 0 aromatic heterocycles. The molecule has 1 aliphatic rings. The first-order chi connectivity index (χ1) is 5.52. The molecular formula is C8H7F3O. The minimum Gasteiger partial charge on any atom is -0.299 e. The molecule has 0 saturated heterocycles. The molecule has 0 radical (unpaired) electrons. The van der Waals surface area contributed by atoms with E-state index in [9.17, 15) is 18.0 Å². The molecule has 0 aromatic rings. The number of ketones is 1. The predicted octanol–water partition coefficient (Wildman–Crippen LogP) is 2.25. The number of hydrogen-bond donors (Lipinski definition) is 0. The van der Waals surface area contributed by atoms with Gasteiger partial charge in [0.15, 0.2) is 0 Å². The largest absolute Gasteiger partial charge is 0.299 e. The van der Waals surface area contributed by atoms with Gasteiger partial charge in [0.25, 0.3) is 0 Å². The van der Waals surface area contributed by atoms with Crippen LogP contribution < -0.4 is 0 Å². The summed E-state index contributed by atoms with van der Waals surface area (Å²) < 4.78 is 37.8. The first-order valence-corrected chi connectivity index (χ1v) is 3.41. The standard InChI is InChI=1S/C8H7F3O/c1-4(12)8-6(10)2-5(9)3-7(8)11/h2-3,6,8H,1H3. The summed E-state index contributed by atoms with van der Waals surface area (Å²) in [6, 6.07) is 0. The SMILES string of the molecule is CC(=O)C1C(F)=CC(F)=CC1F. The predicted molar refractivity (Wildman–Crippen MR) is 37.4 cm³/mol. The van der Waals surface area contributed by atoms with Crippen molar-refractivity contribution in [2.45, 2.75) is 13.1 Å². The second-order valence-corrected chi connectivity index (χ2v) is 2.61. The zero-order chi connectivity index (χ0) is 9.30. The van der Waals surface area contributed by atoms with Crippen molar-refractivity contribution in [2.75, 3.05) is 0 Å². The summed E-state index contributed by atoms with van der Waals surface area (Å²) in [6.45, 7) is 1.07. The summed E-state index contributed by atoms with van der Waals surface area (Å²) in [5.74, 6) is -4.11. The molecule has 0 saturated carbocycles. The fourth-order valence-corrected chi connectivity index (χ4v) is 1.09. The van der Waals surface area contributed by atoms with Gasteiger partial charge < -0.3 is 0 Å². The highest BCUT2D eigenvalue weighted by molar-refractivity contribution is 5.82. The lowest BCUT2D eigenvalue weighted by Crippen LogP contribution is -2.24. The van der Waals surface area contributed by atoms with Gasteiger partial charge in [0.2, 0.25) is 0 Å². The van der Waals surface area contributed by atoms with Crippen molar-refractivity contribution in [3.63, 3.8) is 0 Å². The summed E-state index contributed by atoms with van der Waals surface area (Å²) in [5, 5.41) is 0. The molecule has 1 rings (SSSR count). The summed E-state index contributed by atoms with van der Waals surface area (Å²) in [7, 11) is 0. The Balaban J connectivity index is 2.94. The van der Waals surface area contributed by atoms with E-state index in [0.717, 1.165) is 6.92 Å². The van der Waals surface area contributed by atoms with Crippen LogP contribution in [0.1, 0.15) is 6.92 Å². The summed E-state index contributed by atoms with van der Waals surface area (Å²) in [5.41, 5.74) is 0. The molecule has 1 aliphatic carbocycles. The van der Waals surface area contributed by atoms with Gasteiger partial charge in [-0.05, 0) is 13.0 Å². The normalized spacial score (nSPS) is 29.3. The topological polar surface area (TPSA) is 17.1 Å². The molecular weight excluding hydrogens is 169 g/mol. The van der Waals surface area contributed by atoms with Crippen LogP contribution in [0.3, 0.4) is 0 Å². The summed E-state index contributed by atoms with van der Waals surface area (Å²) >= 11 is 0. The van der Waals surface area contributed by atoms with Crippen LogP contribution in [0.25, 0.3) is 0 Å². The molecule has 2 atom stereocenters. The van der Waals surface area contributed by atoms with Gasteiger partial charge in [0, 0.05) is 6.08 Å². The van der Waals surface area contributed by atoms with Crippen LogP contribution in [0, 0.1) is 5.92 Å². The molecule has 0 aromatic carbocycles. The lowest BCUT2D eigenvalue weighted by atomic mass is 9.93. The van der Waals surface area contributed by atoms with Gasteiger partial charge in [-0.2, -0.15) is 0 Å². The van der Waals surface area contributed by atoms with E-state index in [1.807, 2.05) is 0 Å². The highest BCUT2D eigenvalue weighted by Crippen LogP contribution is 2.28. The maximum Gasteiger partial charge on any atom is 0.142 e. The Bertz CT molecular complexity index is 267. The third-order valence-electron chi connectivity index (χ3n) is 1.65. The third-order valence-corrected chi connectivity index (χ3v) is 1.65. The number of rotatable bonds is 1. The first-order valence-electron chi connectivity index (χ1n) is 3.41. The minimum atomic E-state index is -1.88. The number of Topliss-reactive ketones (excluding diaryl/α,β-unsaturated/α-hetero) is 1. The fourth-order valence-electron chi connectivity index (χ4n) is 1.09. The molecule has 0 bridgehead atoms. The van der Waals surface area contributed by atoms with Crippen LogP contribution in [0.5, 0.6) is 0 Å². The molecule has 12 heavy (non-hydrogen) atoms. The Morgan fingerprint density at radius 3 is 2.50 bits per heavy atom. The summed E-state index contributed by atoms with van der Waals surface area (Å²) in [6.07, 6.45) is -0.760. The second kappa shape index (κ2) is 3.13. The highest BCUT2D eigenvalue weighted by Gasteiger charge is 2.31. The van der Waals surface area contributed by atoms with Crippen molar-refractivity contribution in [1.82, 2.24) is 0 Å². The molecule has 0 aliphatic heterocycles. The maximum absolute atomic E-state index is 12.8. The Hall–Kier alpha value is -1.06. The van der Waals surface area contributed by atoms with E-state index in [4.69, 9.17) is 0 Å². The third kappa shape index (κ3) is 1.57. The fraction of sp³-hybridized carbons (Fsp3) is 0.375. The lowest BCUT2D eigenvalue weighted by Gasteiger charge is -2.16. The van der Waals surface area contributed by atoms with Crippen molar-refractivity contribution in [3.8, 4) is 0 Å². The minimum absolute atomic E-state index is 0.530. The Kier molecular flexibility index (Phi) is 2.35. The smallest absolute Gasteiger partial charge is 0.142 e. The van der Waals surface area contributed by atoms with Crippen molar-refractivity contribution in [2.24, 2.45) is 5.92 Å². The van der Waals surface area contributed by atoms with Crippen molar-refractivity contribution >= 4 is 5.78 Å². The monoisotopic (exact) mass is 176 g/mol. The van der Waals surface area contributed by atoms with Gasteiger partial charge in [0.1, 0.15) is 29.5 Å². The average Bonchev–Trinajstić information content (AvgIpc) is 1.82. The van der Waals surface area contributed by atoms with Gasteiger partial charge >= 0.3 is 0 Å². The Morgan fingerprint density at radius 2 is 2.08 bits per heavy atom. The van der Waals surface area contributed by atoms with Gasteiger partial charge in [-0.15, -0.1) is 0 Å². The highest BCUT2D eigenvalue weighted by atomic mass is 19.2. The zero-order valence-electron chi connectivity index (χ0n) is 6.35. The lowest BCUT2D eigenvalue weighted by molar-refractivity contribution is -0.121. The van der Waals surface area contributed by atoms with Gasteiger partial charge in [-0.3, -0.25) is 4.79 Å². The number of carbonyl (C=O) groups is 1. The Morgan fingerprint density at radius 1 is 1.50 bits per heavy atom. The maximum atomic E-state index is 12.8. The van der Waals surface area contributed by atoms with E-state index in [2.05, 4.69) is 0 Å². The number of allylic oxidation sites excluding steroid dienone is 4. The molecule has 0 amide bonds. The number of halogens is 3. The van der Waals surface area contributed by atoms with Crippen LogP contribution in [0.15, 0.2) is 23.8 Å². The van der Waals surface area contributed by atoms with Crippen molar-refractivity contribution in [3.05, 3.63) is 23.8 Å². The second-order valence-electron chi connectivity index (χ2n) is 2.61. The van der Waals surface area contributed by atoms with E-state index < -0.39 is 29.5 Å². The van der Waals surface area contributed by atoms with Crippen molar-refractivity contribution in [1.29, 1.82) is 0 Å². The molecule has 0 fully saturated rings. The summed E-state index contributed by atoms with van der Waals surface area (Å²) in [4.78, 5) is 10.7. The molecule has 0 N–H and O–H groups in total. The average molecular weight is 176 g/mol. The number of alkyl halides is 1. The molecule has 1 nitrogen and oxygen atoms in total. The molecule has 0 heterocycles. The van der Waals surface area contributed by atoms with Gasteiger partial charge in [-0.25, -0.2) is 13.2 Å². The Labute approximate surface area is 67.6 Å².